The maximum atomic E-state index is 12.4. The van der Waals surface area contributed by atoms with Crippen molar-refractivity contribution in [3.05, 3.63) is 30.3 Å². The number of hydrogen-bond acceptors (Lipinski definition) is 4. The maximum absolute atomic E-state index is 12.4. The van der Waals surface area contributed by atoms with Crippen LogP contribution in [0.3, 0.4) is 0 Å². The predicted molar refractivity (Wildman–Crippen MR) is 97.5 cm³/mol. The van der Waals surface area contributed by atoms with E-state index in [1.165, 1.54) is 5.69 Å². The van der Waals surface area contributed by atoms with Crippen LogP contribution >= 0.6 is 0 Å². The molecule has 138 valence electrons. The van der Waals surface area contributed by atoms with Crippen LogP contribution in [-0.4, -0.2) is 47.6 Å². The monoisotopic (exact) mass is 347 g/mol. The van der Waals surface area contributed by atoms with Crippen LogP contribution in [0.4, 0.5) is 5.69 Å². The fourth-order valence-corrected chi connectivity index (χ4v) is 3.32. The molecular formula is C19H29N3O3. The lowest BCUT2D eigenvalue weighted by Gasteiger charge is -2.41. The molecule has 2 amide bonds. The number of rotatable bonds is 8. The van der Waals surface area contributed by atoms with Crippen molar-refractivity contribution in [1.82, 2.24) is 10.4 Å². The molecule has 0 aromatic heterocycles. The molecule has 1 aliphatic heterocycles. The number of anilines is 1. The summed E-state index contributed by atoms with van der Waals surface area (Å²) >= 11 is 0. The Morgan fingerprint density at radius 1 is 1.08 bits per heavy atom. The van der Waals surface area contributed by atoms with E-state index >= 15 is 0 Å². The lowest BCUT2D eigenvalue weighted by molar-refractivity contribution is -0.132. The molecule has 6 heteroatoms. The minimum absolute atomic E-state index is 0.229. The van der Waals surface area contributed by atoms with Gasteiger partial charge in [0.05, 0.1) is 0 Å². The van der Waals surface area contributed by atoms with Crippen molar-refractivity contribution in [2.45, 2.75) is 51.5 Å². The largest absolute Gasteiger partial charge is 0.365 e. The fraction of sp³-hybridized carbons (Fsp3) is 0.579. The van der Waals surface area contributed by atoms with E-state index in [1.807, 2.05) is 23.1 Å². The average Bonchev–Trinajstić information content (AvgIpc) is 2.64. The third kappa shape index (κ3) is 6.05. The van der Waals surface area contributed by atoms with Crippen molar-refractivity contribution in [2.24, 2.45) is 0 Å². The van der Waals surface area contributed by atoms with E-state index in [4.69, 9.17) is 5.21 Å². The molecule has 1 atom stereocenters. The van der Waals surface area contributed by atoms with Crippen molar-refractivity contribution in [3.63, 3.8) is 0 Å². The van der Waals surface area contributed by atoms with E-state index in [2.05, 4.69) is 24.0 Å². The number of para-hydroxylation sites is 1. The van der Waals surface area contributed by atoms with Gasteiger partial charge >= 0.3 is 0 Å². The third-order valence-corrected chi connectivity index (χ3v) is 4.74. The smallest absolute Gasteiger partial charge is 0.243 e. The Morgan fingerprint density at radius 3 is 2.40 bits per heavy atom. The molecule has 2 rings (SSSR count). The van der Waals surface area contributed by atoms with Gasteiger partial charge in [-0.1, -0.05) is 31.0 Å². The van der Waals surface area contributed by atoms with Gasteiger partial charge in [-0.15, -0.1) is 0 Å². The summed E-state index contributed by atoms with van der Waals surface area (Å²) in [6, 6.07) is 10.7. The number of nitrogens with one attached hydrogen (secondary N) is 1. The van der Waals surface area contributed by atoms with Gasteiger partial charge in [-0.3, -0.25) is 14.8 Å². The van der Waals surface area contributed by atoms with Crippen molar-refractivity contribution >= 4 is 17.5 Å². The summed E-state index contributed by atoms with van der Waals surface area (Å²) in [5.74, 6) is -0.117. The molecule has 1 aromatic carbocycles. The Labute approximate surface area is 149 Å². The molecule has 1 saturated heterocycles. The third-order valence-electron chi connectivity index (χ3n) is 4.74. The van der Waals surface area contributed by atoms with Gasteiger partial charge in [0.2, 0.25) is 11.8 Å². The lowest BCUT2D eigenvalue weighted by Crippen LogP contribution is -2.53. The molecular weight excluding hydrogens is 318 g/mol. The highest BCUT2D eigenvalue weighted by Crippen LogP contribution is 2.20. The van der Waals surface area contributed by atoms with Crippen LogP contribution in [0.5, 0.6) is 0 Å². The Balaban J connectivity index is 1.66. The minimum Gasteiger partial charge on any atom is -0.365 e. The lowest BCUT2D eigenvalue weighted by atomic mass is 10.1. The second-order valence-electron chi connectivity index (χ2n) is 6.67. The molecule has 1 aromatic rings. The Kier molecular flexibility index (Phi) is 7.73. The highest BCUT2D eigenvalue weighted by atomic mass is 16.5. The first-order valence-corrected chi connectivity index (χ1v) is 9.14. The summed E-state index contributed by atoms with van der Waals surface area (Å²) in [7, 11) is 0. The molecule has 25 heavy (non-hydrogen) atoms. The molecule has 0 saturated carbocycles. The molecule has 1 fully saturated rings. The van der Waals surface area contributed by atoms with Crippen LogP contribution in [0.25, 0.3) is 0 Å². The van der Waals surface area contributed by atoms with Crippen molar-refractivity contribution in [3.8, 4) is 0 Å². The Bertz CT molecular complexity index is 550. The highest BCUT2D eigenvalue weighted by molar-refractivity contribution is 5.76. The number of carbonyl (C=O) groups excluding carboxylic acids is 2. The summed E-state index contributed by atoms with van der Waals surface area (Å²) in [5.41, 5.74) is 2.85. The van der Waals surface area contributed by atoms with Crippen molar-refractivity contribution < 1.29 is 14.8 Å². The number of carbonyl (C=O) groups is 2. The normalized spacial score (nSPS) is 17.4. The summed E-state index contributed by atoms with van der Waals surface area (Å²) < 4.78 is 0. The molecule has 1 unspecified atom stereocenters. The van der Waals surface area contributed by atoms with Gasteiger partial charge in [-0.05, 0) is 31.9 Å². The zero-order valence-electron chi connectivity index (χ0n) is 15.0. The van der Waals surface area contributed by atoms with Crippen LogP contribution in [0.1, 0.15) is 45.4 Å². The van der Waals surface area contributed by atoms with Crippen LogP contribution in [0, 0.1) is 0 Å². The second kappa shape index (κ2) is 10.0. The maximum Gasteiger partial charge on any atom is 0.243 e. The highest BCUT2D eigenvalue weighted by Gasteiger charge is 2.26. The first-order valence-electron chi connectivity index (χ1n) is 9.14. The molecule has 0 aliphatic carbocycles. The summed E-state index contributed by atoms with van der Waals surface area (Å²) in [6.07, 6.45) is 4.34. The minimum atomic E-state index is -0.346. The van der Waals surface area contributed by atoms with Crippen LogP contribution < -0.4 is 10.4 Å². The van der Waals surface area contributed by atoms with E-state index in [0.717, 1.165) is 45.3 Å². The summed E-state index contributed by atoms with van der Waals surface area (Å²) in [5, 5.41) is 8.41. The van der Waals surface area contributed by atoms with E-state index in [0.29, 0.717) is 18.9 Å². The zero-order valence-corrected chi connectivity index (χ0v) is 15.0. The number of nitrogens with zero attached hydrogens (tertiary/aromatic N) is 2. The van der Waals surface area contributed by atoms with E-state index in [1.54, 1.807) is 5.48 Å². The van der Waals surface area contributed by atoms with Crippen LogP contribution in [0.15, 0.2) is 30.3 Å². The SMILES string of the molecule is CC1CN(C(=O)CCCCCCC(=O)NO)CCN1c1ccccc1. The number of unbranched alkanes of at least 4 members (excludes halogenated alkanes) is 3. The standard InChI is InChI=1S/C19H29N3O3/c1-16-15-21(13-14-22(16)17-9-5-4-6-10-17)19(24)12-8-3-2-7-11-18(23)20-25/h4-6,9-10,16,25H,2-3,7-8,11-15H2,1H3,(H,20,23). The molecule has 0 spiro atoms. The fourth-order valence-electron chi connectivity index (χ4n) is 3.32. The van der Waals surface area contributed by atoms with E-state index in [-0.39, 0.29) is 11.8 Å². The number of amides is 2. The number of hydroxylamine groups is 1. The van der Waals surface area contributed by atoms with E-state index in [9.17, 15) is 9.59 Å². The Morgan fingerprint density at radius 2 is 1.76 bits per heavy atom. The topological polar surface area (TPSA) is 72.9 Å². The summed E-state index contributed by atoms with van der Waals surface area (Å²) in [6.45, 7) is 4.57. The van der Waals surface area contributed by atoms with Gasteiger partial charge in [-0.25, -0.2) is 5.48 Å². The van der Waals surface area contributed by atoms with Crippen molar-refractivity contribution in [1.29, 1.82) is 0 Å². The molecule has 1 aliphatic rings. The molecule has 6 nitrogen and oxygen atoms in total. The molecule has 2 N–H and O–H groups in total. The van der Waals surface area contributed by atoms with Gasteiger partial charge in [0.25, 0.3) is 0 Å². The number of hydrogen-bond donors (Lipinski definition) is 2. The molecule has 0 radical (unpaired) electrons. The molecule has 0 bridgehead atoms. The van der Waals surface area contributed by atoms with Gasteiger partial charge < -0.3 is 9.80 Å². The molecule has 1 heterocycles. The summed E-state index contributed by atoms with van der Waals surface area (Å²) in [4.78, 5) is 27.6. The number of benzene rings is 1. The van der Waals surface area contributed by atoms with Crippen LogP contribution in [0.2, 0.25) is 0 Å². The van der Waals surface area contributed by atoms with Gasteiger partial charge in [-0.2, -0.15) is 0 Å². The predicted octanol–water partition coefficient (Wildman–Crippen LogP) is 2.57. The van der Waals surface area contributed by atoms with Crippen molar-refractivity contribution in [2.75, 3.05) is 24.5 Å². The van der Waals surface area contributed by atoms with Crippen LogP contribution in [-0.2, 0) is 9.59 Å². The average molecular weight is 347 g/mol. The second-order valence-corrected chi connectivity index (χ2v) is 6.67. The van der Waals surface area contributed by atoms with Gasteiger partial charge in [0.1, 0.15) is 0 Å². The quantitative estimate of drug-likeness (QED) is 0.431. The Hall–Kier alpha value is -2.08. The van der Waals surface area contributed by atoms with Gasteiger partial charge in [0, 0.05) is 44.2 Å². The number of piperazine rings is 1. The first kappa shape index (κ1) is 19.2. The van der Waals surface area contributed by atoms with E-state index < -0.39 is 0 Å². The first-order chi connectivity index (χ1) is 12.1. The zero-order chi connectivity index (χ0) is 18.1. The van der Waals surface area contributed by atoms with Gasteiger partial charge in [0.15, 0.2) is 0 Å².